The summed E-state index contributed by atoms with van der Waals surface area (Å²) >= 11 is 17.8. The first-order valence-electron chi connectivity index (χ1n) is 5.44. The summed E-state index contributed by atoms with van der Waals surface area (Å²) in [5.41, 5.74) is 1.63. The van der Waals surface area contributed by atoms with E-state index in [0.717, 1.165) is 11.1 Å². The first kappa shape index (κ1) is 13.7. The number of halogens is 3. The van der Waals surface area contributed by atoms with E-state index in [2.05, 4.69) is 0 Å². The van der Waals surface area contributed by atoms with Gasteiger partial charge in [0.15, 0.2) is 0 Å². The molecule has 0 fully saturated rings. The van der Waals surface area contributed by atoms with Gasteiger partial charge in [-0.2, -0.15) is 0 Å². The van der Waals surface area contributed by atoms with Gasteiger partial charge in [-0.15, -0.1) is 0 Å². The molecule has 0 bridgehead atoms. The van der Waals surface area contributed by atoms with E-state index >= 15 is 0 Å². The second kappa shape index (κ2) is 5.94. The van der Waals surface area contributed by atoms with Gasteiger partial charge in [-0.05, 0) is 41.5 Å². The molecule has 0 radical (unpaired) electrons. The summed E-state index contributed by atoms with van der Waals surface area (Å²) in [4.78, 5) is 0. The van der Waals surface area contributed by atoms with Crippen LogP contribution < -0.4 is 0 Å². The van der Waals surface area contributed by atoms with Gasteiger partial charge in [-0.3, -0.25) is 0 Å². The van der Waals surface area contributed by atoms with Gasteiger partial charge in [0, 0.05) is 21.5 Å². The van der Waals surface area contributed by atoms with E-state index < -0.39 is 6.10 Å². The van der Waals surface area contributed by atoms with Gasteiger partial charge in [0.1, 0.15) is 0 Å². The average molecular weight is 302 g/mol. The van der Waals surface area contributed by atoms with Crippen LogP contribution in [0, 0.1) is 0 Å². The molecular weight excluding hydrogens is 291 g/mol. The number of hydrogen-bond donors (Lipinski definition) is 1. The van der Waals surface area contributed by atoms with Crippen LogP contribution in [-0.2, 0) is 6.42 Å². The molecule has 0 amide bonds. The zero-order valence-electron chi connectivity index (χ0n) is 9.41. The largest absolute Gasteiger partial charge is 0.388 e. The molecule has 0 saturated carbocycles. The normalized spacial score (nSPS) is 12.4. The van der Waals surface area contributed by atoms with Crippen molar-refractivity contribution < 1.29 is 5.11 Å². The molecule has 0 aliphatic rings. The van der Waals surface area contributed by atoms with Crippen LogP contribution in [0.4, 0.5) is 0 Å². The third-order valence-corrected chi connectivity index (χ3v) is 3.53. The molecule has 1 N–H and O–H groups in total. The molecule has 18 heavy (non-hydrogen) atoms. The highest BCUT2D eigenvalue weighted by Gasteiger charge is 2.11. The van der Waals surface area contributed by atoms with E-state index in [1.807, 2.05) is 0 Å². The second-order valence-electron chi connectivity index (χ2n) is 4.01. The van der Waals surface area contributed by atoms with Gasteiger partial charge >= 0.3 is 0 Å². The van der Waals surface area contributed by atoms with E-state index in [4.69, 9.17) is 34.8 Å². The Morgan fingerprint density at radius 3 is 2.17 bits per heavy atom. The fourth-order valence-electron chi connectivity index (χ4n) is 1.71. The molecule has 4 heteroatoms. The van der Waals surface area contributed by atoms with Gasteiger partial charge in [0.05, 0.1) is 6.10 Å². The maximum Gasteiger partial charge on any atom is 0.0830 e. The first-order chi connectivity index (χ1) is 8.56. The lowest BCUT2D eigenvalue weighted by molar-refractivity contribution is 0.178. The molecule has 2 aromatic rings. The number of hydrogen-bond acceptors (Lipinski definition) is 1. The van der Waals surface area contributed by atoms with Gasteiger partial charge in [0.2, 0.25) is 0 Å². The summed E-state index contributed by atoms with van der Waals surface area (Å²) in [5.74, 6) is 0. The Kier molecular flexibility index (Phi) is 4.52. The smallest absolute Gasteiger partial charge is 0.0830 e. The van der Waals surface area contributed by atoms with Crippen molar-refractivity contribution in [3.63, 3.8) is 0 Å². The highest BCUT2D eigenvalue weighted by Crippen LogP contribution is 2.26. The number of aliphatic hydroxyl groups is 1. The molecule has 1 atom stereocenters. The SMILES string of the molecule is OC(Cc1cc(Cl)ccc1Cl)c1ccc(Cl)cc1. The van der Waals surface area contributed by atoms with E-state index in [1.165, 1.54) is 0 Å². The van der Waals surface area contributed by atoms with Crippen LogP contribution in [0.3, 0.4) is 0 Å². The van der Waals surface area contributed by atoms with Crippen molar-refractivity contribution in [1.29, 1.82) is 0 Å². The second-order valence-corrected chi connectivity index (χ2v) is 5.29. The Balaban J connectivity index is 2.18. The van der Waals surface area contributed by atoms with E-state index in [1.54, 1.807) is 42.5 Å². The average Bonchev–Trinajstić information content (AvgIpc) is 2.34. The summed E-state index contributed by atoms with van der Waals surface area (Å²) in [7, 11) is 0. The summed E-state index contributed by atoms with van der Waals surface area (Å²) in [6.07, 6.45) is -0.209. The van der Waals surface area contributed by atoms with E-state index in [-0.39, 0.29) is 0 Å². The Hall–Kier alpha value is -0.730. The minimum absolute atomic E-state index is 0.418. The van der Waals surface area contributed by atoms with Crippen molar-refractivity contribution in [2.75, 3.05) is 0 Å². The maximum atomic E-state index is 10.1. The molecule has 2 aromatic carbocycles. The quantitative estimate of drug-likeness (QED) is 0.853. The van der Waals surface area contributed by atoms with Gasteiger partial charge in [-0.1, -0.05) is 46.9 Å². The molecule has 0 heterocycles. The van der Waals surface area contributed by atoms with Crippen LogP contribution >= 0.6 is 34.8 Å². The third-order valence-electron chi connectivity index (χ3n) is 2.68. The van der Waals surface area contributed by atoms with Gasteiger partial charge in [-0.25, -0.2) is 0 Å². The van der Waals surface area contributed by atoms with Gasteiger partial charge in [0.25, 0.3) is 0 Å². The lowest BCUT2D eigenvalue weighted by Gasteiger charge is -2.12. The Morgan fingerprint density at radius 1 is 0.889 bits per heavy atom. The number of benzene rings is 2. The molecule has 0 spiro atoms. The van der Waals surface area contributed by atoms with E-state index in [9.17, 15) is 5.11 Å². The van der Waals surface area contributed by atoms with Crippen LogP contribution in [-0.4, -0.2) is 5.11 Å². The number of rotatable bonds is 3. The summed E-state index contributed by atoms with van der Waals surface area (Å²) in [5, 5.41) is 12.0. The molecule has 1 nitrogen and oxygen atoms in total. The number of aliphatic hydroxyl groups excluding tert-OH is 1. The minimum Gasteiger partial charge on any atom is -0.388 e. The predicted molar refractivity (Wildman–Crippen MR) is 76.6 cm³/mol. The fraction of sp³-hybridized carbons (Fsp3) is 0.143. The lowest BCUT2D eigenvalue weighted by Crippen LogP contribution is -2.02. The van der Waals surface area contributed by atoms with Crippen molar-refractivity contribution in [1.82, 2.24) is 0 Å². The van der Waals surface area contributed by atoms with Crippen molar-refractivity contribution >= 4 is 34.8 Å². The third kappa shape index (κ3) is 3.39. The Bertz CT molecular complexity index is 537. The van der Waals surface area contributed by atoms with Crippen LogP contribution in [0.5, 0.6) is 0 Å². The van der Waals surface area contributed by atoms with Crippen LogP contribution in [0.2, 0.25) is 15.1 Å². The standard InChI is InChI=1S/C14H11Cl3O/c15-11-3-1-9(2-4-11)14(18)8-10-7-12(16)5-6-13(10)17/h1-7,14,18H,8H2. The molecule has 0 aliphatic carbocycles. The molecule has 1 unspecified atom stereocenters. The highest BCUT2D eigenvalue weighted by molar-refractivity contribution is 6.33. The van der Waals surface area contributed by atoms with E-state index in [0.29, 0.717) is 21.5 Å². The molecule has 0 aliphatic heterocycles. The molecule has 94 valence electrons. The van der Waals surface area contributed by atoms with Crippen molar-refractivity contribution in [3.05, 3.63) is 68.7 Å². The van der Waals surface area contributed by atoms with Crippen molar-refractivity contribution in [3.8, 4) is 0 Å². The molecular formula is C14H11Cl3O. The topological polar surface area (TPSA) is 20.2 Å². The Labute approximate surface area is 121 Å². The summed E-state index contributed by atoms with van der Waals surface area (Å²) < 4.78 is 0. The zero-order valence-corrected chi connectivity index (χ0v) is 11.7. The highest BCUT2D eigenvalue weighted by atomic mass is 35.5. The molecule has 0 saturated heterocycles. The predicted octanol–water partition coefficient (Wildman–Crippen LogP) is 4.92. The van der Waals surface area contributed by atoms with Crippen molar-refractivity contribution in [2.24, 2.45) is 0 Å². The van der Waals surface area contributed by atoms with Crippen LogP contribution in [0.1, 0.15) is 17.2 Å². The summed E-state index contributed by atoms with van der Waals surface area (Å²) in [6, 6.07) is 12.3. The Morgan fingerprint density at radius 2 is 1.50 bits per heavy atom. The van der Waals surface area contributed by atoms with Gasteiger partial charge < -0.3 is 5.11 Å². The zero-order chi connectivity index (χ0) is 13.1. The monoisotopic (exact) mass is 300 g/mol. The molecule has 0 aromatic heterocycles. The fourth-order valence-corrected chi connectivity index (χ4v) is 2.23. The summed E-state index contributed by atoms with van der Waals surface area (Å²) in [6.45, 7) is 0. The minimum atomic E-state index is -0.627. The van der Waals surface area contributed by atoms with Crippen LogP contribution in [0.15, 0.2) is 42.5 Å². The first-order valence-corrected chi connectivity index (χ1v) is 6.57. The maximum absolute atomic E-state index is 10.1. The molecule has 2 rings (SSSR count). The lowest BCUT2D eigenvalue weighted by atomic mass is 10.0. The van der Waals surface area contributed by atoms with Crippen LogP contribution in [0.25, 0.3) is 0 Å². The van der Waals surface area contributed by atoms with Crippen molar-refractivity contribution in [2.45, 2.75) is 12.5 Å².